The van der Waals surface area contributed by atoms with Crippen molar-refractivity contribution in [2.45, 2.75) is 11.8 Å². The SMILES string of the molecule is CS(=O)(=O)c1n[nH]c(COc2nnc(-c3ccccc3)c(-c3ccccc3)n2)n1. The van der Waals surface area contributed by atoms with E-state index >= 15 is 0 Å². The van der Waals surface area contributed by atoms with E-state index in [-0.39, 0.29) is 23.6 Å². The first-order valence-electron chi connectivity index (χ1n) is 8.60. The summed E-state index contributed by atoms with van der Waals surface area (Å²) >= 11 is 0. The molecular weight excluding hydrogens is 392 g/mol. The fourth-order valence-electron chi connectivity index (χ4n) is 2.60. The molecule has 2 aromatic heterocycles. The highest BCUT2D eigenvalue weighted by Crippen LogP contribution is 2.29. The van der Waals surface area contributed by atoms with Crippen molar-refractivity contribution in [1.29, 1.82) is 0 Å². The topological polar surface area (TPSA) is 124 Å². The standard InChI is InChI=1S/C19H16N6O3S/c1-29(26,27)19-20-15(22-25-19)12-28-18-21-16(13-8-4-2-5-9-13)17(23-24-18)14-10-6-3-7-11-14/h2-11H,12H2,1H3,(H,20,22,25). The van der Waals surface area contributed by atoms with Crippen LogP contribution in [0, 0.1) is 0 Å². The van der Waals surface area contributed by atoms with Gasteiger partial charge in [0, 0.05) is 17.4 Å². The molecule has 0 aliphatic carbocycles. The molecule has 0 amide bonds. The largest absolute Gasteiger partial charge is 0.454 e. The van der Waals surface area contributed by atoms with Gasteiger partial charge in [-0.2, -0.15) is 9.97 Å². The molecule has 0 radical (unpaired) electrons. The summed E-state index contributed by atoms with van der Waals surface area (Å²) in [4.78, 5) is 8.40. The number of hydrogen-bond acceptors (Lipinski definition) is 8. The molecule has 2 aromatic carbocycles. The van der Waals surface area contributed by atoms with Gasteiger partial charge in [0.1, 0.15) is 11.4 Å². The summed E-state index contributed by atoms with van der Waals surface area (Å²) in [5.41, 5.74) is 3.00. The molecule has 0 saturated heterocycles. The Morgan fingerprint density at radius 1 is 0.862 bits per heavy atom. The number of rotatable bonds is 6. The van der Waals surface area contributed by atoms with Gasteiger partial charge in [-0.25, -0.2) is 8.42 Å². The van der Waals surface area contributed by atoms with Crippen LogP contribution in [0.15, 0.2) is 65.8 Å². The van der Waals surface area contributed by atoms with Crippen LogP contribution >= 0.6 is 0 Å². The molecule has 0 unspecified atom stereocenters. The molecule has 0 saturated carbocycles. The minimum Gasteiger partial charge on any atom is -0.454 e. The van der Waals surface area contributed by atoms with Crippen molar-refractivity contribution >= 4 is 9.84 Å². The zero-order valence-corrected chi connectivity index (χ0v) is 16.2. The van der Waals surface area contributed by atoms with Crippen molar-refractivity contribution in [3.63, 3.8) is 0 Å². The average molecular weight is 408 g/mol. The maximum atomic E-state index is 11.5. The normalized spacial score (nSPS) is 11.3. The Labute approximate surface area is 166 Å². The van der Waals surface area contributed by atoms with Gasteiger partial charge in [0.05, 0.1) is 0 Å². The quantitative estimate of drug-likeness (QED) is 0.515. The fraction of sp³-hybridized carbons (Fsp3) is 0.105. The van der Waals surface area contributed by atoms with E-state index in [0.717, 1.165) is 17.4 Å². The average Bonchev–Trinajstić information content (AvgIpc) is 3.23. The predicted molar refractivity (Wildman–Crippen MR) is 105 cm³/mol. The lowest BCUT2D eigenvalue weighted by atomic mass is 10.0. The Kier molecular flexibility index (Phi) is 5.00. The summed E-state index contributed by atoms with van der Waals surface area (Å²) in [6.45, 7) is -0.0802. The number of aromatic amines is 1. The highest BCUT2D eigenvalue weighted by atomic mass is 32.2. The van der Waals surface area contributed by atoms with Crippen LogP contribution in [0.5, 0.6) is 6.01 Å². The van der Waals surface area contributed by atoms with E-state index in [1.165, 1.54) is 0 Å². The van der Waals surface area contributed by atoms with E-state index in [4.69, 9.17) is 4.74 Å². The summed E-state index contributed by atoms with van der Waals surface area (Å²) in [6, 6.07) is 19.2. The van der Waals surface area contributed by atoms with Gasteiger partial charge >= 0.3 is 6.01 Å². The molecule has 0 aliphatic heterocycles. The van der Waals surface area contributed by atoms with E-state index in [1.807, 2.05) is 60.7 Å². The van der Waals surface area contributed by atoms with Crippen molar-refractivity contribution in [1.82, 2.24) is 30.4 Å². The van der Waals surface area contributed by atoms with Crippen LogP contribution in [-0.2, 0) is 16.4 Å². The predicted octanol–water partition coefficient (Wildman–Crippen LogP) is 2.31. The third-order valence-corrected chi connectivity index (χ3v) is 4.79. The molecule has 4 rings (SSSR count). The van der Waals surface area contributed by atoms with E-state index in [9.17, 15) is 8.42 Å². The van der Waals surface area contributed by atoms with Gasteiger partial charge in [-0.1, -0.05) is 65.8 Å². The van der Waals surface area contributed by atoms with Crippen molar-refractivity contribution in [3.8, 4) is 28.5 Å². The van der Waals surface area contributed by atoms with Gasteiger partial charge in [0.2, 0.25) is 9.84 Å². The van der Waals surface area contributed by atoms with Crippen LogP contribution < -0.4 is 4.74 Å². The first-order chi connectivity index (χ1) is 14.0. The number of benzene rings is 2. The minimum atomic E-state index is -3.50. The molecule has 29 heavy (non-hydrogen) atoms. The molecule has 146 valence electrons. The fourth-order valence-corrected chi connectivity index (χ4v) is 3.09. The van der Waals surface area contributed by atoms with Gasteiger partial charge < -0.3 is 4.74 Å². The number of aromatic nitrogens is 6. The second-order valence-corrected chi connectivity index (χ2v) is 8.06. The lowest BCUT2D eigenvalue weighted by Gasteiger charge is -2.09. The lowest BCUT2D eigenvalue weighted by molar-refractivity contribution is 0.268. The van der Waals surface area contributed by atoms with Crippen LogP contribution in [-0.4, -0.2) is 45.0 Å². The highest BCUT2D eigenvalue weighted by Gasteiger charge is 2.16. The highest BCUT2D eigenvalue weighted by molar-refractivity contribution is 7.90. The van der Waals surface area contributed by atoms with Gasteiger partial charge in [-0.05, 0) is 0 Å². The molecule has 1 N–H and O–H groups in total. The minimum absolute atomic E-state index is 0.0424. The second-order valence-electron chi connectivity index (χ2n) is 6.15. The molecule has 9 nitrogen and oxygen atoms in total. The number of nitrogens with zero attached hydrogens (tertiary/aromatic N) is 5. The third-order valence-electron chi connectivity index (χ3n) is 3.94. The molecule has 0 spiro atoms. The summed E-state index contributed by atoms with van der Waals surface area (Å²) in [7, 11) is -3.50. The maximum Gasteiger partial charge on any atom is 0.336 e. The Morgan fingerprint density at radius 2 is 1.48 bits per heavy atom. The molecule has 0 atom stereocenters. The van der Waals surface area contributed by atoms with E-state index in [1.54, 1.807) is 0 Å². The van der Waals surface area contributed by atoms with Crippen molar-refractivity contribution < 1.29 is 13.2 Å². The van der Waals surface area contributed by atoms with Crippen LogP contribution in [0.2, 0.25) is 0 Å². The zero-order chi connectivity index (χ0) is 20.3. The molecule has 0 fully saturated rings. The third kappa shape index (κ3) is 4.27. The molecule has 10 heteroatoms. The van der Waals surface area contributed by atoms with Gasteiger partial charge in [0.15, 0.2) is 12.4 Å². The molecule has 0 bridgehead atoms. The number of sulfone groups is 1. The summed E-state index contributed by atoms with van der Waals surface area (Å²) < 4.78 is 28.5. The Hall–Kier alpha value is -3.66. The lowest BCUT2D eigenvalue weighted by Crippen LogP contribution is -2.05. The van der Waals surface area contributed by atoms with Gasteiger partial charge in [0.25, 0.3) is 5.16 Å². The van der Waals surface area contributed by atoms with Crippen LogP contribution in [0.1, 0.15) is 5.82 Å². The molecule has 4 aromatic rings. The number of hydrogen-bond donors (Lipinski definition) is 1. The first-order valence-corrected chi connectivity index (χ1v) is 10.5. The molecule has 0 aliphatic rings. The molecular formula is C19H16N6O3S. The smallest absolute Gasteiger partial charge is 0.336 e. The summed E-state index contributed by atoms with van der Waals surface area (Å²) in [5, 5.41) is 14.2. The van der Waals surface area contributed by atoms with Crippen LogP contribution in [0.25, 0.3) is 22.5 Å². The number of H-pyrrole nitrogens is 1. The Morgan fingerprint density at radius 3 is 2.07 bits per heavy atom. The van der Waals surface area contributed by atoms with Gasteiger partial charge in [-0.15, -0.1) is 10.2 Å². The maximum absolute atomic E-state index is 11.5. The second kappa shape index (κ2) is 7.76. The van der Waals surface area contributed by atoms with E-state index in [0.29, 0.717) is 11.4 Å². The Bertz CT molecular complexity index is 1230. The number of nitrogens with one attached hydrogen (secondary N) is 1. The first kappa shape index (κ1) is 18.7. The molecule has 2 heterocycles. The van der Waals surface area contributed by atoms with E-state index in [2.05, 4.69) is 30.4 Å². The van der Waals surface area contributed by atoms with Crippen molar-refractivity contribution in [2.24, 2.45) is 0 Å². The zero-order valence-electron chi connectivity index (χ0n) is 15.3. The van der Waals surface area contributed by atoms with Gasteiger partial charge in [-0.3, -0.25) is 5.10 Å². The van der Waals surface area contributed by atoms with Crippen molar-refractivity contribution in [3.05, 3.63) is 66.5 Å². The van der Waals surface area contributed by atoms with Crippen LogP contribution in [0.4, 0.5) is 0 Å². The number of ether oxygens (including phenoxy) is 1. The Balaban J connectivity index is 1.64. The van der Waals surface area contributed by atoms with Crippen LogP contribution in [0.3, 0.4) is 0 Å². The van der Waals surface area contributed by atoms with Crippen molar-refractivity contribution in [2.75, 3.05) is 6.26 Å². The summed E-state index contributed by atoms with van der Waals surface area (Å²) in [6.07, 6.45) is 1.03. The summed E-state index contributed by atoms with van der Waals surface area (Å²) in [5.74, 6) is 0.238. The van der Waals surface area contributed by atoms with E-state index < -0.39 is 9.84 Å². The monoisotopic (exact) mass is 408 g/mol.